The number of aryl methyl sites for hydroxylation is 1. The molecule has 0 aliphatic carbocycles. The minimum Gasteiger partial charge on any atom is -0.390 e. The van der Waals surface area contributed by atoms with Crippen molar-refractivity contribution in [3.63, 3.8) is 0 Å². The number of benzene rings is 1. The topological polar surface area (TPSA) is 48.9 Å². The van der Waals surface area contributed by atoms with Crippen LogP contribution in [0.15, 0.2) is 30.6 Å². The quantitative estimate of drug-likeness (QED) is 0.756. The summed E-state index contributed by atoms with van der Waals surface area (Å²) >= 11 is 0. The van der Waals surface area contributed by atoms with Gasteiger partial charge in [-0.25, -0.2) is 4.98 Å². The zero-order valence-corrected chi connectivity index (χ0v) is 7.99. The van der Waals surface area contributed by atoms with Crippen molar-refractivity contribution in [2.45, 2.75) is 13.5 Å². The molecule has 0 spiro atoms. The van der Waals surface area contributed by atoms with Gasteiger partial charge in [-0.05, 0) is 12.5 Å². The van der Waals surface area contributed by atoms with Crippen molar-refractivity contribution in [3.8, 4) is 11.3 Å². The highest BCUT2D eigenvalue weighted by Crippen LogP contribution is 2.20. The number of aromatic nitrogens is 2. The molecule has 1 aromatic carbocycles. The molecule has 1 heterocycles. The molecule has 14 heavy (non-hydrogen) atoms. The van der Waals surface area contributed by atoms with Crippen molar-refractivity contribution in [2.24, 2.45) is 0 Å². The molecular weight excluding hydrogens is 176 g/mol. The van der Waals surface area contributed by atoms with E-state index in [-0.39, 0.29) is 6.61 Å². The van der Waals surface area contributed by atoms with E-state index < -0.39 is 0 Å². The lowest BCUT2D eigenvalue weighted by Gasteiger charge is -2.00. The summed E-state index contributed by atoms with van der Waals surface area (Å²) in [6.45, 7) is 2.01. The molecule has 0 amide bonds. The summed E-state index contributed by atoms with van der Waals surface area (Å²) in [7, 11) is 0. The normalized spacial score (nSPS) is 10.4. The Kier molecular flexibility index (Phi) is 2.33. The van der Waals surface area contributed by atoms with Crippen molar-refractivity contribution in [1.29, 1.82) is 0 Å². The third-order valence-corrected chi connectivity index (χ3v) is 2.21. The Labute approximate surface area is 82.4 Å². The van der Waals surface area contributed by atoms with Crippen LogP contribution in [0.25, 0.3) is 11.3 Å². The molecule has 0 radical (unpaired) electrons. The standard InChI is InChI=1S/C11H12N2O/c1-8-2-4-9(5-3-8)11-10(6-14)12-7-13-11/h2-5,7,14H,6H2,1H3,(H,12,13). The van der Waals surface area contributed by atoms with Gasteiger partial charge in [0.25, 0.3) is 0 Å². The average Bonchev–Trinajstić information content (AvgIpc) is 2.67. The summed E-state index contributed by atoms with van der Waals surface area (Å²) in [6, 6.07) is 8.11. The van der Waals surface area contributed by atoms with Crippen LogP contribution in [0.1, 0.15) is 11.3 Å². The van der Waals surface area contributed by atoms with E-state index in [4.69, 9.17) is 5.11 Å². The van der Waals surface area contributed by atoms with Gasteiger partial charge in [-0.3, -0.25) is 0 Å². The molecule has 0 atom stereocenters. The van der Waals surface area contributed by atoms with Gasteiger partial charge in [0.15, 0.2) is 0 Å². The first-order valence-electron chi connectivity index (χ1n) is 4.51. The Morgan fingerprint density at radius 2 is 2.00 bits per heavy atom. The number of aliphatic hydroxyl groups excluding tert-OH is 1. The highest BCUT2D eigenvalue weighted by Gasteiger charge is 2.05. The molecule has 0 aliphatic heterocycles. The molecule has 1 aromatic heterocycles. The number of imidazole rings is 1. The predicted octanol–water partition coefficient (Wildman–Crippen LogP) is 1.88. The maximum Gasteiger partial charge on any atom is 0.0929 e. The van der Waals surface area contributed by atoms with Crippen LogP contribution >= 0.6 is 0 Å². The Hall–Kier alpha value is -1.61. The van der Waals surface area contributed by atoms with Crippen LogP contribution in [-0.4, -0.2) is 15.1 Å². The predicted molar refractivity (Wildman–Crippen MR) is 54.7 cm³/mol. The zero-order valence-electron chi connectivity index (χ0n) is 7.99. The maximum atomic E-state index is 9.04. The summed E-state index contributed by atoms with van der Waals surface area (Å²) in [5, 5.41) is 9.04. The number of rotatable bonds is 2. The molecule has 2 N–H and O–H groups in total. The second kappa shape index (κ2) is 3.64. The van der Waals surface area contributed by atoms with Gasteiger partial charge in [-0.15, -0.1) is 0 Å². The van der Waals surface area contributed by atoms with Crippen molar-refractivity contribution in [3.05, 3.63) is 41.9 Å². The van der Waals surface area contributed by atoms with Crippen LogP contribution in [0.3, 0.4) is 0 Å². The number of nitrogens with one attached hydrogen (secondary N) is 1. The van der Waals surface area contributed by atoms with Gasteiger partial charge in [-0.2, -0.15) is 0 Å². The molecule has 0 saturated heterocycles. The van der Waals surface area contributed by atoms with Crippen LogP contribution in [-0.2, 0) is 6.61 Å². The molecule has 2 rings (SSSR count). The van der Waals surface area contributed by atoms with Crippen LogP contribution in [0.2, 0.25) is 0 Å². The first kappa shape index (κ1) is 8.97. The van der Waals surface area contributed by atoms with Crippen molar-refractivity contribution in [1.82, 2.24) is 9.97 Å². The Bertz CT molecular complexity index is 417. The van der Waals surface area contributed by atoms with Crippen molar-refractivity contribution in [2.75, 3.05) is 0 Å². The number of nitrogens with zero attached hydrogens (tertiary/aromatic N) is 1. The van der Waals surface area contributed by atoms with E-state index in [9.17, 15) is 0 Å². The van der Waals surface area contributed by atoms with E-state index in [1.807, 2.05) is 31.2 Å². The van der Waals surface area contributed by atoms with Crippen LogP contribution in [0, 0.1) is 6.92 Å². The first-order chi connectivity index (χ1) is 6.81. The second-order valence-corrected chi connectivity index (χ2v) is 3.25. The summed E-state index contributed by atoms with van der Waals surface area (Å²) in [6.07, 6.45) is 1.60. The van der Waals surface area contributed by atoms with Gasteiger partial charge in [0.1, 0.15) is 0 Å². The summed E-state index contributed by atoms with van der Waals surface area (Å²) < 4.78 is 0. The first-order valence-corrected chi connectivity index (χ1v) is 4.51. The van der Waals surface area contributed by atoms with Gasteiger partial charge in [-0.1, -0.05) is 29.8 Å². The lowest BCUT2D eigenvalue weighted by molar-refractivity contribution is 0.278. The minimum atomic E-state index is -0.0350. The Morgan fingerprint density at radius 1 is 1.29 bits per heavy atom. The van der Waals surface area contributed by atoms with E-state index in [1.54, 1.807) is 6.33 Å². The van der Waals surface area contributed by atoms with Gasteiger partial charge in [0, 0.05) is 0 Å². The molecule has 0 bridgehead atoms. The van der Waals surface area contributed by atoms with E-state index in [0.29, 0.717) is 5.69 Å². The van der Waals surface area contributed by atoms with Crippen molar-refractivity contribution < 1.29 is 5.11 Å². The third kappa shape index (κ3) is 1.54. The number of hydrogen-bond donors (Lipinski definition) is 2. The molecular formula is C11H12N2O. The summed E-state index contributed by atoms with van der Waals surface area (Å²) in [5.74, 6) is 0. The fraction of sp³-hybridized carbons (Fsp3) is 0.182. The lowest BCUT2D eigenvalue weighted by Crippen LogP contribution is -1.87. The number of hydrogen-bond acceptors (Lipinski definition) is 2. The third-order valence-electron chi connectivity index (χ3n) is 2.21. The Balaban J connectivity index is 2.44. The monoisotopic (exact) mass is 188 g/mol. The van der Waals surface area contributed by atoms with E-state index >= 15 is 0 Å². The zero-order chi connectivity index (χ0) is 9.97. The fourth-order valence-corrected chi connectivity index (χ4v) is 1.41. The molecule has 72 valence electrons. The summed E-state index contributed by atoms with van der Waals surface area (Å²) in [4.78, 5) is 7.05. The molecule has 0 unspecified atom stereocenters. The van der Waals surface area contributed by atoms with E-state index in [2.05, 4.69) is 9.97 Å². The molecule has 0 aliphatic rings. The van der Waals surface area contributed by atoms with Gasteiger partial charge in [0.05, 0.1) is 24.3 Å². The molecule has 0 saturated carbocycles. The maximum absolute atomic E-state index is 9.04. The molecule has 0 fully saturated rings. The summed E-state index contributed by atoms with van der Waals surface area (Å²) in [5.41, 5.74) is 3.86. The van der Waals surface area contributed by atoms with Crippen LogP contribution < -0.4 is 0 Å². The SMILES string of the molecule is Cc1ccc(-c2[nH]cnc2CO)cc1. The fourth-order valence-electron chi connectivity index (χ4n) is 1.41. The average molecular weight is 188 g/mol. The number of H-pyrrole nitrogens is 1. The van der Waals surface area contributed by atoms with Gasteiger partial charge >= 0.3 is 0 Å². The van der Waals surface area contributed by atoms with Crippen molar-refractivity contribution >= 4 is 0 Å². The van der Waals surface area contributed by atoms with Crippen LogP contribution in [0.4, 0.5) is 0 Å². The second-order valence-electron chi connectivity index (χ2n) is 3.25. The highest BCUT2D eigenvalue weighted by molar-refractivity contribution is 5.61. The van der Waals surface area contributed by atoms with Gasteiger partial charge < -0.3 is 10.1 Å². The van der Waals surface area contributed by atoms with E-state index in [0.717, 1.165) is 11.3 Å². The van der Waals surface area contributed by atoms with Crippen LogP contribution in [0.5, 0.6) is 0 Å². The highest BCUT2D eigenvalue weighted by atomic mass is 16.3. The Morgan fingerprint density at radius 3 is 2.64 bits per heavy atom. The molecule has 3 nitrogen and oxygen atoms in total. The lowest BCUT2D eigenvalue weighted by atomic mass is 10.1. The van der Waals surface area contributed by atoms with Gasteiger partial charge in [0.2, 0.25) is 0 Å². The molecule has 3 heteroatoms. The minimum absolute atomic E-state index is 0.0350. The smallest absolute Gasteiger partial charge is 0.0929 e. The number of aromatic amines is 1. The largest absolute Gasteiger partial charge is 0.390 e. The van der Waals surface area contributed by atoms with E-state index in [1.165, 1.54) is 5.56 Å². The number of aliphatic hydroxyl groups is 1. The molecule has 2 aromatic rings.